The summed E-state index contributed by atoms with van der Waals surface area (Å²) in [4.78, 5) is 35.1. The molecule has 1 rings (SSSR count). The van der Waals surface area contributed by atoms with E-state index in [0.29, 0.717) is 0 Å². The number of amides is 1. The summed E-state index contributed by atoms with van der Waals surface area (Å²) in [5, 5.41) is 10.8. The lowest BCUT2D eigenvalue weighted by molar-refractivity contribution is -0.502. The fourth-order valence-corrected chi connectivity index (χ4v) is 2.28. The van der Waals surface area contributed by atoms with Gasteiger partial charge in [0.1, 0.15) is 5.60 Å². The first-order chi connectivity index (χ1) is 9.57. The van der Waals surface area contributed by atoms with Gasteiger partial charge in [0.15, 0.2) is 0 Å². The second kappa shape index (κ2) is 6.28. The van der Waals surface area contributed by atoms with Crippen molar-refractivity contribution in [1.29, 1.82) is 0 Å². The molecule has 21 heavy (non-hydrogen) atoms. The lowest BCUT2D eigenvalue weighted by atomic mass is 9.77. The molecule has 1 amide bonds. The minimum Gasteiger partial charge on any atom is -0.466 e. The molecule has 0 aromatic rings. The maximum absolute atomic E-state index is 11.8. The standard InChI is InChI=1S/C13H22N2O6/c1-5-20-10(16)6-13(9-15(18)19)7-14(8-13)11(17)21-12(2,3)4/h5-9H2,1-4H3. The number of rotatable bonds is 5. The average Bonchev–Trinajstić information content (AvgIpc) is 2.21. The van der Waals surface area contributed by atoms with Crippen LogP contribution < -0.4 is 0 Å². The molecule has 0 radical (unpaired) electrons. The third-order valence-corrected chi connectivity index (χ3v) is 2.99. The number of nitro groups is 1. The minimum atomic E-state index is -0.855. The highest BCUT2D eigenvalue weighted by molar-refractivity contribution is 5.73. The van der Waals surface area contributed by atoms with Gasteiger partial charge in [0.25, 0.3) is 0 Å². The van der Waals surface area contributed by atoms with Gasteiger partial charge in [-0.3, -0.25) is 14.9 Å². The van der Waals surface area contributed by atoms with Crippen LogP contribution in [0.15, 0.2) is 0 Å². The Morgan fingerprint density at radius 1 is 1.33 bits per heavy atom. The number of carbonyl (C=O) groups is 2. The zero-order valence-corrected chi connectivity index (χ0v) is 12.9. The van der Waals surface area contributed by atoms with Gasteiger partial charge in [-0.05, 0) is 27.7 Å². The van der Waals surface area contributed by atoms with E-state index in [9.17, 15) is 19.7 Å². The van der Waals surface area contributed by atoms with E-state index in [1.165, 1.54) is 4.90 Å². The van der Waals surface area contributed by atoms with E-state index in [-0.39, 0.29) is 32.7 Å². The van der Waals surface area contributed by atoms with E-state index in [4.69, 9.17) is 9.47 Å². The van der Waals surface area contributed by atoms with Crippen LogP contribution in [0.25, 0.3) is 0 Å². The summed E-state index contributed by atoms with van der Waals surface area (Å²) in [5.41, 5.74) is -1.48. The Labute approximate surface area is 123 Å². The highest BCUT2D eigenvalue weighted by Crippen LogP contribution is 2.35. The Kier molecular flexibility index (Phi) is 5.14. The van der Waals surface area contributed by atoms with Crippen molar-refractivity contribution >= 4 is 12.1 Å². The normalized spacial score (nSPS) is 16.9. The number of hydrogen-bond acceptors (Lipinski definition) is 6. The molecular formula is C13H22N2O6. The largest absolute Gasteiger partial charge is 0.466 e. The van der Waals surface area contributed by atoms with E-state index >= 15 is 0 Å². The van der Waals surface area contributed by atoms with Crippen LogP contribution in [0.3, 0.4) is 0 Å². The Balaban J connectivity index is 2.63. The first-order valence-corrected chi connectivity index (χ1v) is 6.82. The number of nitrogens with zero attached hydrogens (tertiary/aromatic N) is 2. The number of hydrogen-bond donors (Lipinski definition) is 0. The SMILES string of the molecule is CCOC(=O)CC1(C[N+](=O)[O-])CN(C(=O)OC(C)(C)C)C1. The van der Waals surface area contributed by atoms with Crippen molar-refractivity contribution in [3.63, 3.8) is 0 Å². The number of likely N-dealkylation sites (tertiary alicyclic amines) is 1. The Hall–Kier alpha value is -1.86. The third-order valence-electron chi connectivity index (χ3n) is 2.99. The highest BCUT2D eigenvalue weighted by atomic mass is 16.6. The molecule has 8 nitrogen and oxygen atoms in total. The quantitative estimate of drug-likeness (QED) is 0.433. The number of esters is 1. The maximum Gasteiger partial charge on any atom is 0.410 e. The number of carbonyl (C=O) groups excluding carboxylic acids is 2. The minimum absolute atomic E-state index is 0.0683. The van der Waals surface area contributed by atoms with Crippen molar-refractivity contribution in [2.75, 3.05) is 26.2 Å². The van der Waals surface area contributed by atoms with Crippen molar-refractivity contribution in [1.82, 2.24) is 4.90 Å². The van der Waals surface area contributed by atoms with E-state index in [0.717, 1.165) is 0 Å². The predicted molar refractivity (Wildman–Crippen MR) is 73.4 cm³/mol. The lowest BCUT2D eigenvalue weighted by Crippen LogP contribution is -2.62. The van der Waals surface area contributed by atoms with E-state index in [2.05, 4.69) is 0 Å². The Morgan fingerprint density at radius 2 is 1.90 bits per heavy atom. The van der Waals surface area contributed by atoms with Gasteiger partial charge in [0.05, 0.1) is 18.4 Å². The molecule has 1 heterocycles. The summed E-state index contributed by atoms with van der Waals surface area (Å²) in [6.45, 7) is 7.01. The number of ether oxygens (including phenoxy) is 2. The van der Waals surface area contributed by atoms with Crippen LogP contribution in [0.1, 0.15) is 34.1 Å². The fraction of sp³-hybridized carbons (Fsp3) is 0.846. The molecule has 0 unspecified atom stereocenters. The topological polar surface area (TPSA) is 99.0 Å². The molecule has 0 N–H and O–H groups in total. The summed E-state index contributed by atoms with van der Waals surface area (Å²) in [7, 11) is 0. The molecule has 0 bridgehead atoms. The summed E-state index contributed by atoms with van der Waals surface area (Å²) in [5.74, 6) is -0.483. The third kappa shape index (κ3) is 5.20. The molecular weight excluding hydrogens is 280 g/mol. The van der Waals surface area contributed by atoms with Gasteiger partial charge >= 0.3 is 12.1 Å². The monoisotopic (exact) mass is 302 g/mol. The molecule has 0 atom stereocenters. The highest BCUT2D eigenvalue weighted by Gasteiger charge is 2.51. The van der Waals surface area contributed by atoms with Crippen molar-refractivity contribution < 1.29 is 24.0 Å². The van der Waals surface area contributed by atoms with Crippen LogP contribution in [-0.4, -0.2) is 53.7 Å². The van der Waals surface area contributed by atoms with Gasteiger partial charge in [0, 0.05) is 18.0 Å². The van der Waals surface area contributed by atoms with E-state index in [1.807, 2.05) is 0 Å². The van der Waals surface area contributed by atoms with Crippen LogP contribution in [0.2, 0.25) is 0 Å². The summed E-state index contributed by atoms with van der Waals surface area (Å²) >= 11 is 0. The summed E-state index contributed by atoms with van der Waals surface area (Å²) < 4.78 is 10.0. The van der Waals surface area contributed by atoms with Gasteiger partial charge in [-0.2, -0.15) is 0 Å². The van der Waals surface area contributed by atoms with E-state index < -0.39 is 28.0 Å². The van der Waals surface area contributed by atoms with Crippen molar-refractivity contribution in [2.24, 2.45) is 5.41 Å². The fourth-order valence-electron chi connectivity index (χ4n) is 2.28. The zero-order chi connectivity index (χ0) is 16.3. The smallest absolute Gasteiger partial charge is 0.410 e. The molecule has 1 aliphatic heterocycles. The van der Waals surface area contributed by atoms with Gasteiger partial charge in [-0.15, -0.1) is 0 Å². The first kappa shape index (κ1) is 17.2. The molecule has 0 saturated carbocycles. The molecule has 0 aromatic carbocycles. The summed E-state index contributed by atoms with van der Waals surface area (Å²) in [6.07, 6.45) is -0.591. The van der Waals surface area contributed by atoms with E-state index in [1.54, 1.807) is 27.7 Å². The van der Waals surface area contributed by atoms with Crippen molar-refractivity contribution in [3.8, 4) is 0 Å². The molecule has 120 valence electrons. The second-order valence-corrected chi connectivity index (χ2v) is 6.31. The molecule has 1 aliphatic rings. The molecule has 1 saturated heterocycles. The predicted octanol–water partition coefficient (Wildman–Crippen LogP) is 1.45. The van der Waals surface area contributed by atoms with Crippen LogP contribution in [0.4, 0.5) is 4.79 Å². The van der Waals surface area contributed by atoms with Gasteiger partial charge in [-0.25, -0.2) is 4.79 Å². The zero-order valence-electron chi connectivity index (χ0n) is 12.9. The van der Waals surface area contributed by atoms with Gasteiger partial charge in [0.2, 0.25) is 6.54 Å². The van der Waals surface area contributed by atoms with Crippen LogP contribution >= 0.6 is 0 Å². The van der Waals surface area contributed by atoms with Gasteiger partial charge in [-0.1, -0.05) is 0 Å². The Bertz CT molecular complexity index is 423. The van der Waals surface area contributed by atoms with Crippen LogP contribution in [-0.2, 0) is 14.3 Å². The molecule has 1 fully saturated rings. The molecule has 0 aliphatic carbocycles. The lowest BCUT2D eigenvalue weighted by Gasteiger charge is -2.46. The molecule has 0 aromatic heterocycles. The van der Waals surface area contributed by atoms with Crippen LogP contribution in [0, 0.1) is 15.5 Å². The first-order valence-electron chi connectivity index (χ1n) is 6.82. The van der Waals surface area contributed by atoms with Crippen LogP contribution in [0.5, 0.6) is 0 Å². The maximum atomic E-state index is 11.8. The Morgan fingerprint density at radius 3 is 2.33 bits per heavy atom. The molecule has 0 spiro atoms. The van der Waals surface area contributed by atoms with Crippen molar-refractivity contribution in [3.05, 3.63) is 10.1 Å². The molecule has 8 heteroatoms. The summed E-state index contributed by atoms with van der Waals surface area (Å²) in [6, 6.07) is 0. The average molecular weight is 302 g/mol. The van der Waals surface area contributed by atoms with Crippen molar-refractivity contribution in [2.45, 2.75) is 39.7 Å². The second-order valence-electron chi connectivity index (χ2n) is 6.31. The van der Waals surface area contributed by atoms with Gasteiger partial charge < -0.3 is 14.4 Å².